The van der Waals surface area contributed by atoms with Crippen LogP contribution in [0.3, 0.4) is 0 Å². The summed E-state index contributed by atoms with van der Waals surface area (Å²) < 4.78 is 6.89. The zero-order valence-electron chi connectivity index (χ0n) is 14.0. The van der Waals surface area contributed by atoms with Crippen LogP contribution in [-0.2, 0) is 11.3 Å². The summed E-state index contributed by atoms with van der Waals surface area (Å²) in [5, 5.41) is 9.57. The second kappa shape index (κ2) is 6.32. The molecule has 25 heavy (non-hydrogen) atoms. The van der Waals surface area contributed by atoms with Gasteiger partial charge in [-0.2, -0.15) is 0 Å². The molecule has 4 rings (SSSR count). The van der Waals surface area contributed by atoms with E-state index in [2.05, 4.69) is 38.5 Å². The number of fused-ring (bicyclic) bond motifs is 2. The van der Waals surface area contributed by atoms with Crippen molar-refractivity contribution >= 4 is 27.6 Å². The van der Waals surface area contributed by atoms with Gasteiger partial charge in [0.1, 0.15) is 5.52 Å². The normalized spacial score (nSPS) is 12.0. The Morgan fingerprint density at radius 3 is 2.92 bits per heavy atom. The predicted octanol–water partition coefficient (Wildman–Crippen LogP) is 3.43. The summed E-state index contributed by atoms with van der Waals surface area (Å²) in [7, 11) is 1.63. The van der Waals surface area contributed by atoms with E-state index in [-0.39, 0.29) is 0 Å². The standard InChI is InChI=1S/C19H17N5O/c1-13(12-25-2)16-7-8-18-19(21-16)24(23-22-18)11-14-5-6-17-15(10-14)4-3-9-20-17/h3-10,12H,11H2,1-2H3. The summed E-state index contributed by atoms with van der Waals surface area (Å²) in [6.45, 7) is 2.56. The van der Waals surface area contributed by atoms with Crippen LogP contribution in [0.4, 0.5) is 0 Å². The maximum Gasteiger partial charge on any atom is 0.179 e. The van der Waals surface area contributed by atoms with Crippen LogP contribution >= 0.6 is 0 Å². The predicted molar refractivity (Wildman–Crippen MR) is 96.8 cm³/mol. The smallest absolute Gasteiger partial charge is 0.179 e. The Bertz CT molecular complexity index is 1080. The lowest BCUT2D eigenvalue weighted by molar-refractivity contribution is 0.339. The molecule has 0 N–H and O–H groups in total. The Labute approximate surface area is 144 Å². The summed E-state index contributed by atoms with van der Waals surface area (Å²) in [6, 6.07) is 14.1. The maximum absolute atomic E-state index is 5.07. The molecule has 0 amide bonds. The van der Waals surface area contributed by atoms with E-state index in [1.807, 2.05) is 35.9 Å². The summed E-state index contributed by atoms with van der Waals surface area (Å²) in [6.07, 6.45) is 3.48. The van der Waals surface area contributed by atoms with Crippen LogP contribution < -0.4 is 0 Å². The van der Waals surface area contributed by atoms with Gasteiger partial charge in [-0.25, -0.2) is 9.67 Å². The average Bonchev–Trinajstić information content (AvgIpc) is 3.04. The van der Waals surface area contributed by atoms with Gasteiger partial charge in [0.05, 0.1) is 31.1 Å². The van der Waals surface area contributed by atoms with Crippen LogP contribution in [0.15, 0.2) is 54.9 Å². The van der Waals surface area contributed by atoms with Gasteiger partial charge in [0.25, 0.3) is 0 Å². The highest BCUT2D eigenvalue weighted by Gasteiger charge is 2.09. The first-order valence-electron chi connectivity index (χ1n) is 7.98. The van der Waals surface area contributed by atoms with E-state index in [1.165, 1.54) is 0 Å². The van der Waals surface area contributed by atoms with Crippen LogP contribution in [0, 0.1) is 0 Å². The molecular formula is C19H17N5O. The van der Waals surface area contributed by atoms with Gasteiger partial charge in [0.2, 0.25) is 0 Å². The summed E-state index contributed by atoms with van der Waals surface area (Å²) in [5.41, 5.74) is 5.44. The molecule has 0 fully saturated rings. The molecule has 0 spiro atoms. The SMILES string of the molecule is COC=C(C)c1ccc2nnn(Cc3ccc4ncccc4c3)c2n1. The van der Waals surface area contributed by atoms with E-state index in [9.17, 15) is 0 Å². The first-order valence-corrected chi connectivity index (χ1v) is 7.98. The van der Waals surface area contributed by atoms with Gasteiger partial charge in [0.15, 0.2) is 5.65 Å². The van der Waals surface area contributed by atoms with E-state index >= 15 is 0 Å². The van der Waals surface area contributed by atoms with Crippen LogP contribution in [0.2, 0.25) is 0 Å². The van der Waals surface area contributed by atoms with Gasteiger partial charge in [-0.1, -0.05) is 17.3 Å². The molecule has 0 saturated carbocycles. The second-order valence-electron chi connectivity index (χ2n) is 5.85. The zero-order chi connectivity index (χ0) is 17.2. The lowest BCUT2D eigenvalue weighted by atomic mass is 10.1. The molecular weight excluding hydrogens is 314 g/mol. The van der Waals surface area contributed by atoms with Crippen molar-refractivity contribution in [2.24, 2.45) is 0 Å². The van der Waals surface area contributed by atoms with Gasteiger partial charge in [-0.05, 0) is 42.8 Å². The Kier molecular flexibility index (Phi) is 3.85. The molecule has 124 valence electrons. The van der Waals surface area contributed by atoms with E-state index < -0.39 is 0 Å². The van der Waals surface area contributed by atoms with Gasteiger partial charge in [0, 0.05) is 17.2 Å². The Hall–Kier alpha value is -3.28. The van der Waals surface area contributed by atoms with Crippen LogP contribution in [-0.4, -0.2) is 32.1 Å². The number of allylic oxidation sites excluding steroid dienone is 1. The van der Waals surface area contributed by atoms with Gasteiger partial charge in [-0.3, -0.25) is 4.98 Å². The largest absolute Gasteiger partial charge is 0.504 e. The molecule has 0 saturated heterocycles. The number of nitrogens with zero attached hydrogens (tertiary/aromatic N) is 5. The Morgan fingerprint density at radius 1 is 1.16 bits per heavy atom. The molecule has 6 nitrogen and oxygen atoms in total. The minimum Gasteiger partial charge on any atom is -0.504 e. The first-order chi connectivity index (χ1) is 12.2. The highest BCUT2D eigenvalue weighted by molar-refractivity contribution is 5.79. The summed E-state index contributed by atoms with van der Waals surface area (Å²) in [4.78, 5) is 9.04. The average molecular weight is 331 g/mol. The third kappa shape index (κ3) is 2.94. The summed E-state index contributed by atoms with van der Waals surface area (Å²) >= 11 is 0. The van der Waals surface area contributed by atoms with Gasteiger partial charge < -0.3 is 4.74 Å². The van der Waals surface area contributed by atoms with Crippen LogP contribution in [0.1, 0.15) is 18.2 Å². The minimum atomic E-state index is 0.602. The summed E-state index contributed by atoms with van der Waals surface area (Å²) in [5.74, 6) is 0. The molecule has 0 bridgehead atoms. The quantitative estimate of drug-likeness (QED) is 0.536. The molecule has 4 aromatic rings. The van der Waals surface area contributed by atoms with Crippen molar-refractivity contribution in [2.75, 3.05) is 7.11 Å². The van der Waals surface area contributed by atoms with Crippen molar-refractivity contribution in [3.8, 4) is 0 Å². The van der Waals surface area contributed by atoms with Crippen molar-refractivity contribution in [3.05, 3.63) is 66.2 Å². The lowest BCUT2D eigenvalue weighted by Gasteiger charge is -2.05. The highest BCUT2D eigenvalue weighted by atomic mass is 16.5. The Balaban J connectivity index is 1.72. The maximum atomic E-state index is 5.07. The molecule has 0 aliphatic carbocycles. The first kappa shape index (κ1) is 15.3. The number of hydrogen-bond acceptors (Lipinski definition) is 5. The molecule has 3 heterocycles. The topological polar surface area (TPSA) is 65.7 Å². The fraction of sp³-hybridized carbons (Fsp3) is 0.158. The van der Waals surface area contributed by atoms with Crippen molar-refractivity contribution in [2.45, 2.75) is 13.5 Å². The van der Waals surface area contributed by atoms with Crippen molar-refractivity contribution in [3.63, 3.8) is 0 Å². The van der Waals surface area contributed by atoms with Crippen LogP contribution in [0.25, 0.3) is 27.6 Å². The fourth-order valence-electron chi connectivity index (χ4n) is 2.81. The Morgan fingerprint density at radius 2 is 2.04 bits per heavy atom. The molecule has 0 atom stereocenters. The fourth-order valence-corrected chi connectivity index (χ4v) is 2.81. The van der Waals surface area contributed by atoms with Gasteiger partial charge in [-0.15, -0.1) is 5.10 Å². The van der Waals surface area contributed by atoms with Gasteiger partial charge >= 0.3 is 0 Å². The molecule has 3 aromatic heterocycles. The second-order valence-corrected chi connectivity index (χ2v) is 5.85. The van der Waals surface area contributed by atoms with E-state index in [0.29, 0.717) is 6.54 Å². The molecule has 0 radical (unpaired) electrons. The van der Waals surface area contributed by atoms with E-state index in [0.717, 1.165) is 38.9 Å². The third-order valence-corrected chi connectivity index (χ3v) is 4.06. The van der Waals surface area contributed by atoms with Crippen molar-refractivity contribution in [1.82, 2.24) is 25.0 Å². The number of pyridine rings is 2. The molecule has 0 aliphatic heterocycles. The lowest BCUT2D eigenvalue weighted by Crippen LogP contribution is -2.03. The molecule has 0 aliphatic rings. The van der Waals surface area contributed by atoms with E-state index in [4.69, 9.17) is 4.74 Å². The number of ether oxygens (including phenoxy) is 1. The number of rotatable bonds is 4. The number of aromatic nitrogens is 5. The molecule has 6 heteroatoms. The van der Waals surface area contributed by atoms with Crippen molar-refractivity contribution < 1.29 is 4.74 Å². The monoisotopic (exact) mass is 331 g/mol. The van der Waals surface area contributed by atoms with E-state index in [1.54, 1.807) is 19.6 Å². The number of hydrogen-bond donors (Lipinski definition) is 0. The minimum absolute atomic E-state index is 0.602. The highest BCUT2D eigenvalue weighted by Crippen LogP contribution is 2.18. The zero-order valence-corrected chi connectivity index (χ0v) is 14.0. The third-order valence-electron chi connectivity index (χ3n) is 4.06. The number of methoxy groups -OCH3 is 1. The number of benzene rings is 1. The van der Waals surface area contributed by atoms with Crippen molar-refractivity contribution in [1.29, 1.82) is 0 Å². The van der Waals surface area contributed by atoms with Crippen LogP contribution in [0.5, 0.6) is 0 Å². The molecule has 1 aromatic carbocycles. The molecule has 0 unspecified atom stereocenters.